The second-order valence-electron chi connectivity index (χ2n) is 3.92. The molecule has 0 aliphatic carbocycles. The van der Waals surface area contributed by atoms with Crippen LogP contribution in [0.5, 0.6) is 0 Å². The summed E-state index contributed by atoms with van der Waals surface area (Å²) >= 11 is 5.92. The molecule has 4 nitrogen and oxygen atoms in total. The monoisotopic (exact) mass is 268 g/mol. The topological polar surface area (TPSA) is 72.5 Å². The number of aromatic nitrogens is 1. The number of benzene rings is 1. The summed E-state index contributed by atoms with van der Waals surface area (Å²) in [6.07, 6.45) is 1.36. The van der Waals surface area contributed by atoms with Gasteiger partial charge in [-0.25, -0.2) is 4.98 Å². The first-order valence-corrected chi connectivity index (χ1v) is 5.85. The van der Waals surface area contributed by atoms with E-state index in [1.54, 1.807) is 18.2 Å². The van der Waals surface area contributed by atoms with E-state index in [9.17, 15) is 0 Å². The number of rotatable bonds is 2. The van der Waals surface area contributed by atoms with Crippen LogP contribution in [0.25, 0.3) is 10.9 Å². The number of allylic oxidation sites excluding steroid dienone is 1. The van der Waals surface area contributed by atoms with E-state index in [-0.39, 0.29) is 5.57 Å². The number of anilines is 1. The molecule has 2 aromatic rings. The molecule has 92 valence electrons. The van der Waals surface area contributed by atoms with E-state index >= 15 is 0 Å². The van der Waals surface area contributed by atoms with E-state index in [0.29, 0.717) is 5.15 Å². The van der Waals surface area contributed by atoms with Crippen molar-refractivity contribution in [2.75, 3.05) is 5.32 Å². The van der Waals surface area contributed by atoms with E-state index < -0.39 is 0 Å². The van der Waals surface area contributed by atoms with Crippen LogP contribution >= 0.6 is 11.6 Å². The Balaban J connectivity index is 2.41. The van der Waals surface area contributed by atoms with Gasteiger partial charge in [0, 0.05) is 17.3 Å². The first-order chi connectivity index (χ1) is 9.13. The lowest BCUT2D eigenvalue weighted by atomic mass is 10.1. The molecule has 0 saturated heterocycles. The van der Waals surface area contributed by atoms with E-state index in [1.165, 1.54) is 6.20 Å². The highest BCUT2D eigenvalue weighted by Gasteiger charge is 2.02. The summed E-state index contributed by atoms with van der Waals surface area (Å²) in [5.41, 5.74) is 2.56. The number of fused-ring (bicyclic) bond motifs is 1. The maximum Gasteiger partial charge on any atom is 0.145 e. The number of pyridine rings is 1. The van der Waals surface area contributed by atoms with E-state index in [4.69, 9.17) is 22.1 Å². The summed E-state index contributed by atoms with van der Waals surface area (Å²) in [6, 6.07) is 11.0. The standard InChI is InChI=1S/C14H9ClN4/c1-9-4-14(15)19-13-5-11(2-3-12(9)13)18-8-10(6-16)7-17/h2-5,8,18H,1H3. The molecule has 0 saturated carbocycles. The van der Waals surface area contributed by atoms with Crippen LogP contribution in [0.1, 0.15) is 5.56 Å². The lowest BCUT2D eigenvalue weighted by Gasteiger charge is -2.05. The quantitative estimate of drug-likeness (QED) is 0.668. The van der Waals surface area contributed by atoms with Crippen molar-refractivity contribution in [3.63, 3.8) is 0 Å². The van der Waals surface area contributed by atoms with Gasteiger partial charge in [-0.3, -0.25) is 0 Å². The molecular formula is C14H9ClN4. The fraction of sp³-hybridized carbons (Fsp3) is 0.0714. The molecule has 0 aliphatic heterocycles. The minimum atomic E-state index is 0.00957. The van der Waals surface area contributed by atoms with Crippen molar-refractivity contribution in [2.45, 2.75) is 6.92 Å². The molecule has 1 aromatic carbocycles. The maximum atomic E-state index is 8.64. The van der Waals surface area contributed by atoms with Crippen LogP contribution in [0.15, 0.2) is 36.0 Å². The fourth-order valence-corrected chi connectivity index (χ4v) is 1.95. The first kappa shape index (κ1) is 12.9. The van der Waals surface area contributed by atoms with Gasteiger partial charge in [0.25, 0.3) is 0 Å². The van der Waals surface area contributed by atoms with Crippen molar-refractivity contribution >= 4 is 28.2 Å². The third-order valence-corrected chi connectivity index (χ3v) is 2.80. The third kappa shape index (κ3) is 2.82. The molecule has 0 unspecified atom stereocenters. The predicted octanol–water partition coefficient (Wildman–Crippen LogP) is 3.54. The summed E-state index contributed by atoms with van der Waals surface area (Å²) in [7, 11) is 0. The molecule has 19 heavy (non-hydrogen) atoms. The molecule has 2 rings (SSSR count). The number of aryl methyl sites for hydroxylation is 1. The second-order valence-corrected chi connectivity index (χ2v) is 4.31. The van der Waals surface area contributed by atoms with Crippen molar-refractivity contribution in [3.05, 3.63) is 46.8 Å². The lowest BCUT2D eigenvalue weighted by molar-refractivity contribution is 1.36. The van der Waals surface area contributed by atoms with Crippen LogP contribution in [-0.4, -0.2) is 4.98 Å². The van der Waals surface area contributed by atoms with Crippen LogP contribution in [-0.2, 0) is 0 Å². The molecule has 0 fully saturated rings. The third-order valence-electron chi connectivity index (χ3n) is 2.61. The van der Waals surface area contributed by atoms with Crippen molar-refractivity contribution in [1.82, 2.24) is 4.98 Å². The summed E-state index contributed by atoms with van der Waals surface area (Å²) in [5, 5.41) is 21.6. The highest BCUT2D eigenvalue weighted by atomic mass is 35.5. The summed E-state index contributed by atoms with van der Waals surface area (Å²) in [5.74, 6) is 0. The molecule has 5 heteroatoms. The summed E-state index contributed by atoms with van der Waals surface area (Å²) in [4.78, 5) is 4.24. The van der Waals surface area contributed by atoms with Crippen molar-refractivity contribution in [2.24, 2.45) is 0 Å². The zero-order valence-corrected chi connectivity index (χ0v) is 10.9. The Morgan fingerprint density at radius 3 is 2.74 bits per heavy atom. The van der Waals surface area contributed by atoms with Gasteiger partial charge in [-0.2, -0.15) is 10.5 Å². The van der Waals surface area contributed by atoms with Crippen LogP contribution in [0.4, 0.5) is 5.69 Å². The molecule has 1 N–H and O–H groups in total. The Morgan fingerprint density at radius 2 is 2.05 bits per heavy atom. The first-order valence-electron chi connectivity index (χ1n) is 5.48. The zero-order chi connectivity index (χ0) is 13.8. The smallest absolute Gasteiger partial charge is 0.145 e. The number of nitriles is 2. The van der Waals surface area contributed by atoms with E-state index in [1.807, 2.05) is 25.1 Å². The van der Waals surface area contributed by atoms with Gasteiger partial charge in [-0.15, -0.1) is 0 Å². The van der Waals surface area contributed by atoms with E-state index in [2.05, 4.69) is 10.3 Å². The summed E-state index contributed by atoms with van der Waals surface area (Å²) in [6.45, 7) is 1.96. The van der Waals surface area contributed by atoms with Crippen molar-refractivity contribution < 1.29 is 0 Å². The van der Waals surface area contributed by atoms with Gasteiger partial charge in [0.05, 0.1) is 5.52 Å². The van der Waals surface area contributed by atoms with Crippen molar-refractivity contribution in [1.29, 1.82) is 10.5 Å². The Kier molecular flexibility index (Phi) is 3.66. The Morgan fingerprint density at radius 1 is 1.32 bits per heavy atom. The largest absolute Gasteiger partial charge is 0.360 e. The summed E-state index contributed by atoms with van der Waals surface area (Å²) < 4.78 is 0. The Bertz CT molecular complexity index is 734. The normalized spacial score (nSPS) is 9.47. The Hall–Kier alpha value is -2.56. The van der Waals surface area contributed by atoms with Gasteiger partial charge in [-0.05, 0) is 30.7 Å². The van der Waals surface area contributed by atoms with Gasteiger partial charge in [0.15, 0.2) is 0 Å². The molecular weight excluding hydrogens is 260 g/mol. The number of halogens is 1. The minimum absolute atomic E-state index is 0.00957. The van der Waals surface area contributed by atoms with Gasteiger partial charge in [-0.1, -0.05) is 17.7 Å². The van der Waals surface area contributed by atoms with Crippen molar-refractivity contribution in [3.8, 4) is 12.1 Å². The molecule has 0 bridgehead atoms. The average molecular weight is 269 g/mol. The van der Waals surface area contributed by atoms with Crippen LogP contribution in [0.3, 0.4) is 0 Å². The minimum Gasteiger partial charge on any atom is -0.360 e. The Labute approximate surface area is 115 Å². The SMILES string of the molecule is Cc1cc(Cl)nc2cc(NC=C(C#N)C#N)ccc12. The predicted molar refractivity (Wildman–Crippen MR) is 74.4 cm³/mol. The average Bonchev–Trinajstić information content (AvgIpc) is 2.39. The lowest BCUT2D eigenvalue weighted by Crippen LogP contribution is -1.91. The number of hydrogen-bond donors (Lipinski definition) is 1. The molecule has 0 aliphatic rings. The molecule has 1 heterocycles. The molecule has 1 aromatic heterocycles. The van der Waals surface area contributed by atoms with Crippen LogP contribution in [0, 0.1) is 29.6 Å². The zero-order valence-electron chi connectivity index (χ0n) is 10.1. The van der Waals surface area contributed by atoms with E-state index in [0.717, 1.165) is 22.2 Å². The molecule has 0 atom stereocenters. The maximum absolute atomic E-state index is 8.64. The van der Waals surface area contributed by atoms with Gasteiger partial charge in [0.1, 0.15) is 22.9 Å². The fourth-order valence-electron chi connectivity index (χ4n) is 1.70. The van der Waals surface area contributed by atoms with Gasteiger partial charge >= 0.3 is 0 Å². The number of nitrogens with one attached hydrogen (secondary N) is 1. The van der Waals surface area contributed by atoms with Crippen LogP contribution in [0.2, 0.25) is 5.15 Å². The van der Waals surface area contributed by atoms with Gasteiger partial charge < -0.3 is 5.32 Å². The number of nitrogens with zero attached hydrogens (tertiary/aromatic N) is 3. The highest BCUT2D eigenvalue weighted by Crippen LogP contribution is 2.23. The number of hydrogen-bond acceptors (Lipinski definition) is 4. The highest BCUT2D eigenvalue weighted by molar-refractivity contribution is 6.29. The molecule has 0 spiro atoms. The van der Waals surface area contributed by atoms with Gasteiger partial charge in [0.2, 0.25) is 0 Å². The molecule has 0 radical (unpaired) electrons. The molecule has 0 amide bonds. The second kappa shape index (κ2) is 5.39. The van der Waals surface area contributed by atoms with Crippen LogP contribution < -0.4 is 5.32 Å².